The monoisotopic (exact) mass is 188 g/mol. The molecule has 1 heterocycles. The minimum Gasteiger partial charge on any atom is -0.507 e. The van der Waals surface area contributed by atoms with E-state index < -0.39 is 0 Å². The molecular formula is C10H8N2O2. The molecular weight excluding hydrogens is 180 g/mol. The average molecular weight is 188 g/mol. The number of rotatable bonds is 1. The molecule has 0 spiro atoms. The standard InChI is InChI=1S/C10H8N2O2/c13-10-4-3-9-7(2-1-5-11-9)8(10)6-12-14/h1-6,13-14H/b12-6+. The van der Waals surface area contributed by atoms with Crippen LogP contribution in [0.3, 0.4) is 0 Å². The van der Waals surface area contributed by atoms with Crippen LogP contribution in [-0.2, 0) is 0 Å². The predicted octanol–water partition coefficient (Wildman–Crippen LogP) is 1.75. The van der Waals surface area contributed by atoms with Gasteiger partial charge in [0.1, 0.15) is 5.75 Å². The van der Waals surface area contributed by atoms with E-state index >= 15 is 0 Å². The maximum atomic E-state index is 9.51. The van der Waals surface area contributed by atoms with Crippen LogP contribution in [0.15, 0.2) is 35.6 Å². The molecule has 1 aromatic heterocycles. The SMILES string of the molecule is O/N=C/c1c(O)ccc2ncccc12. The quantitative estimate of drug-likeness (QED) is 0.407. The zero-order chi connectivity index (χ0) is 9.97. The van der Waals surface area contributed by atoms with Crippen molar-refractivity contribution in [3.05, 3.63) is 36.0 Å². The van der Waals surface area contributed by atoms with Crippen molar-refractivity contribution in [3.8, 4) is 5.75 Å². The molecule has 0 atom stereocenters. The molecule has 1 aromatic carbocycles. The van der Waals surface area contributed by atoms with Crippen LogP contribution in [0.1, 0.15) is 5.56 Å². The fourth-order valence-corrected chi connectivity index (χ4v) is 1.36. The van der Waals surface area contributed by atoms with E-state index in [1.54, 1.807) is 24.4 Å². The summed E-state index contributed by atoms with van der Waals surface area (Å²) in [5.41, 5.74) is 1.22. The summed E-state index contributed by atoms with van der Waals surface area (Å²) in [7, 11) is 0. The number of benzene rings is 1. The molecule has 0 amide bonds. The fraction of sp³-hybridized carbons (Fsp3) is 0. The summed E-state index contributed by atoms with van der Waals surface area (Å²) < 4.78 is 0. The van der Waals surface area contributed by atoms with Gasteiger partial charge in [0.25, 0.3) is 0 Å². The van der Waals surface area contributed by atoms with Crippen molar-refractivity contribution >= 4 is 17.1 Å². The molecule has 0 radical (unpaired) electrons. The Kier molecular flexibility index (Phi) is 2.02. The van der Waals surface area contributed by atoms with Gasteiger partial charge in [0, 0.05) is 17.1 Å². The molecule has 4 heteroatoms. The molecule has 0 saturated carbocycles. The number of hydrogen-bond acceptors (Lipinski definition) is 4. The minimum atomic E-state index is 0.0725. The molecule has 0 unspecified atom stereocenters. The van der Waals surface area contributed by atoms with Gasteiger partial charge in [0.15, 0.2) is 0 Å². The molecule has 4 nitrogen and oxygen atoms in total. The lowest BCUT2D eigenvalue weighted by Crippen LogP contribution is -1.87. The normalized spacial score (nSPS) is 11.1. The summed E-state index contributed by atoms with van der Waals surface area (Å²) >= 11 is 0. The van der Waals surface area contributed by atoms with Crippen molar-refractivity contribution in [1.82, 2.24) is 4.98 Å². The third kappa shape index (κ3) is 1.26. The first-order valence-electron chi connectivity index (χ1n) is 4.07. The Morgan fingerprint density at radius 3 is 2.93 bits per heavy atom. The van der Waals surface area contributed by atoms with Crippen LogP contribution >= 0.6 is 0 Å². The zero-order valence-electron chi connectivity index (χ0n) is 7.25. The van der Waals surface area contributed by atoms with Crippen molar-refractivity contribution in [2.75, 3.05) is 0 Å². The average Bonchev–Trinajstić information content (AvgIpc) is 2.23. The third-order valence-electron chi connectivity index (χ3n) is 1.99. The summed E-state index contributed by atoms with van der Waals surface area (Å²) in [6, 6.07) is 6.79. The van der Waals surface area contributed by atoms with E-state index in [1.165, 1.54) is 12.3 Å². The van der Waals surface area contributed by atoms with Crippen LogP contribution in [0.4, 0.5) is 0 Å². The molecule has 0 aliphatic carbocycles. The predicted molar refractivity (Wildman–Crippen MR) is 52.8 cm³/mol. The molecule has 2 N–H and O–H groups in total. The summed E-state index contributed by atoms with van der Waals surface area (Å²) in [6.45, 7) is 0. The second-order valence-electron chi connectivity index (χ2n) is 2.81. The summed E-state index contributed by atoms with van der Waals surface area (Å²) in [5.74, 6) is 0.0725. The molecule has 0 bridgehead atoms. The molecule has 0 aliphatic heterocycles. The smallest absolute Gasteiger partial charge is 0.125 e. The van der Waals surface area contributed by atoms with Gasteiger partial charge in [-0.1, -0.05) is 11.2 Å². The van der Waals surface area contributed by atoms with Crippen LogP contribution in [0, 0.1) is 0 Å². The van der Waals surface area contributed by atoms with E-state index in [9.17, 15) is 5.11 Å². The van der Waals surface area contributed by atoms with Gasteiger partial charge in [-0.2, -0.15) is 0 Å². The van der Waals surface area contributed by atoms with Crippen molar-refractivity contribution in [2.45, 2.75) is 0 Å². The molecule has 2 aromatic rings. The Hall–Kier alpha value is -2.10. The number of fused-ring (bicyclic) bond motifs is 1. The van der Waals surface area contributed by atoms with Crippen molar-refractivity contribution < 1.29 is 10.3 Å². The number of aromatic hydroxyl groups is 1. The van der Waals surface area contributed by atoms with Crippen molar-refractivity contribution in [3.63, 3.8) is 0 Å². The first-order valence-corrected chi connectivity index (χ1v) is 4.07. The van der Waals surface area contributed by atoms with E-state index in [0.717, 1.165) is 10.9 Å². The van der Waals surface area contributed by atoms with Crippen molar-refractivity contribution in [2.24, 2.45) is 5.16 Å². The fourth-order valence-electron chi connectivity index (χ4n) is 1.36. The number of phenols is 1. The van der Waals surface area contributed by atoms with Gasteiger partial charge in [-0.15, -0.1) is 0 Å². The molecule has 0 saturated heterocycles. The lowest BCUT2D eigenvalue weighted by molar-refractivity contribution is 0.321. The van der Waals surface area contributed by atoms with Gasteiger partial charge in [-0.25, -0.2) is 0 Å². The summed E-state index contributed by atoms with van der Waals surface area (Å²) in [6.07, 6.45) is 2.86. The van der Waals surface area contributed by atoms with Crippen LogP contribution in [0.25, 0.3) is 10.9 Å². The van der Waals surface area contributed by atoms with E-state index in [0.29, 0.717) is 5.56 Å². The first kappa shape index (κ1) is 8.50. The van der Waals surface area contributed by atoms with Gasteiger partial charge in [0.2, 0.25) is 0 Å². The van der Waals surface area contributed by atoms with E-state index in [-0.39, 0.29) is 5.75 Å². The molecule has 0 aliphatic rings. The summed E-state index contributed by atoms with van der Waals surface area (Å²) in [4.78, 5) is 4.11. The lowest BCUT2D eigenvalue weighted by Gasteiger charge is -2.02. The number of nitrogens with zero attached hydrogens (tertiary/aromatic N) is 2. The van der Waals surface area contributed by atoms with Gasteiger partial charge in [0.05, 0.1) is 11.7 Å². The number of phenolic OH excluding ortho intramolecular Hbond substituents is 1. The number of hydrogen-bond donors (Lipinski definition) is 2. The molecule has 70 valence electrons. The highest BCUT2D eigenvalue weighted by Gasteiger charge is 2.04. The number of pyridine rings is 1. The van der Waals surface area contributed by atoms with Crippen LogP contribution in [-0.4, -0.2) is 21.5 Å². The highest BCUT2D eigenvalue weighted by molar-refractivity contribution is 6.00. The first-order chi connectivity index (χ1) is 6.83. The van der Waals surface area contributed by atoms with Crippen molar-refractivity contribution in [1.29, 1.82) is 0 Å². The number of aromatic nitrogens is 1. The van der Waals surface area contributed by atoms with E-state index in [2.05, 4.69) is 10.1 Å². The molecule has 0 fully saturated rings. The molecule has 2 rings (SSSR count). The van der Waals surface area contributed by atoms with E-state index in [4.69, 9.17) is 5.21 Å². The Morgan fingerprint density at radius 2 is 2.14 bits per heavy atom. The Labute approximate surface area is 80.1 Å². The Bertz CT molecular complexity index is 494. The van der Waals surface area contributed by atoms with E-state index in [1.807, 2.05) is 0 Å². The van der Waals surface area contributed by atoms with Gasteiger partial charge < -0.3 is 10.3 Å². The second kappa shape index (κ2) is 3.33. The van der Waals surface area contributed by atoms with Crippen LogP contribution in [0.2, 0.25) is 0 Å². The van der Waals surface area contributed by atoms with Gasteiger partial charge in [-0.05, 0) is 18.2 Å². The highest BCUT2D eigenvalue weighted by atomic mass is 16.4. The van der Waals surface area contributed by atoms with Crippen LogP contribution in [0.5, 0.6) is 5.75 Å². The maximum absolute atomic E-state index is 9.51. The topological polar surface area (TPSA) is 65.7 Å². The lowest BCUT2D eigenvalue weighted by atomic mass is 10.1. The second-order valence-corrected chi connectivity index (χ2v) is 2.81. The zero-order valence-corrected chi connectivity index (χ0v) is 7.25. The van der Waals surface area contributed by atoms with Gasteiger partial charge >= 0.3 is 0 Å². The molecule has 14 heavy (non-hydrogen) atoms. The van der Waals surface area contributed by atoms with Gasteiger partial charge in [-0.3, -0.25) is 4.98 Å². The largest absolute Gasteiger partial charge is 0.507 e. The Balaban J connectivity index is 2.82. The maximum Gasteiger partial charge on any atom is 0.125 e. The highest BCUT2D eigenvalue weighted by Crippen LogP contribution is 2.23. The summed E-state index contributed by atoms with van der Waals surface area (Å²) in [5, 5.41) is 21.6. The van der Waals surface area contributed by atoms with Crippen LogP contribution < -0.4 is 0 Å². The number of oxime groups is 1. The minimum absolute atomic E-state index is 0.0725. The Morgan fingerprint density at radius 1 is 1.29 bits per heavy atom. The third-order valence-corrected chi connectivity index (χ3v) is 1.99.